The molecule has 0 saturated heterocycles. The van der Waals surface area contributed by atoms with Crippen molar-refractivity contribution in [1.82, 2.24) is 5.32 Å². The number of hydrogen-bond donors (Lipinski definition) is 1. The molecule has 15 heavy (non-hydrogen) atoms. The molecule has 0 saturated carbocycles. The summed E-state index contributed by atoms with van der Waals surface area (Å²) in [6.45, 7) is 3.01. The molecular formula is C11H15BrFNO. The number of rotatable bonds is 5. The zero-order chi connectivity index (χ0) is 11.3. The molecule has 1 aromatic carbocycles. The minimum absolute atomic E-state index is 0.125. The van der Waals surface area contributed by atoms with Crippen molar-refractivity contribution in [2.45, 2.75) is 13.0 Å². The molecule has 0 bridgehead atoms. The van der Waals surface area contributed by atoms with Crippen molar-refractivity contribution in [1.29, 1.82) is 0 Å². The van der Waals surface area contributed by atoms with Crippen LogP contribution < -0.4 is 5.32 Å². The monoisotopic (exact) mass is 275 g/mol. The lowest BCUT2D eigenvalue weighted by Gasteiger charge is -2.18. The van der Waals surface area contributed by atoms with E-state index in [0.29, 0.717) is 18.8 Å². The van der Waals surface area contributed by atoms with Crippen molar-refractivity contribution >= 4 is 15.9 Å². The molecule has 84 valence electrons. The van der Waals surface area contributed by atoms with Gasteiger partial charge in [-0.1, -0.05) is 22.0 Å². The van der Waals surface area contributed by atoms with Crippen molar-refractivity contribution in [2.24, 2.45) is 0 Å². The molecule has 0 aliphatic carbocycles. The van der Waals surface area contributed by atoms with Gasteiger partial charge in [-0.2, -0.15) is 0 Å². The van der Waals surface area contributed by atoms with Crippen LogP contribution in [0.1, 0.15) is 18.5 Å². The first-order chi connectivity index (χ1) is 7.20. The molecule has 4 heteroatoms. The first kappa shape index (κ1) is 12.6. The summed E-state index contributed by atoms with van der Waals surface area (Å²) in [6, 6.07) is 4.84. The number of benzene rings is 1. The summed E-state index contributed by atoms with van der Waals surface area (Å²) in [5.74, 6) is -0.219. The van der Waals surface area contributed by atoms with E-state index in [1.54, 1.807) is 13.1 Å². The molecule has 1 aromatic rings. The molecule has 0 aliphatic heterocycles. The second-order valence-electron chi connectivity index (χ2n) is 3.14. The van der Waals surface area contributed by atoms with Crippen LogP contribution >= 0.6 is 15.9 Å². The zero-order valence-electron chi connectivity index (χ0n) is 8.89. The van der Waals surface area contributed by atoms with E-state index < -0.39 is 0 Å². The Morgan fingerprint density at radius 3 is 2.80 bits per heavy atom. The highest BCUT2D eigenvalue weighted by Gasteiger charge is 2.16. The van der Waals surface area contributed by atoms with E-state index in [1.165, 1.54) is 6.07 Å². The first-order valence-corrected chi connectivity index (χ1v) is 5.69. The lowest BCUT2D eigenvalue weighted by molar-refractivity contribution is 0.124. The summed E-state index contributed by atoms with van der Waals surface area (Å²) in [5, 5.41) is 3.04. The average molecular weight is 276 g/mol. The van der Waals surface area contributed by atoms with Crippen LogP contribution in [0.4, 0.5) is 4.39 Å². The van der Waals surface area contributed by atoms with E-state index in [2.05, 4.69) is 21.2 Å². The Labute approximate surface area is 98.0 Å². The van der Waals surface area contributed by atoms with Crippen LogP contribution in [0.25, 0.3) is 0 Å². The summed E-state index contributed by atoms with van der Waals surface area (Å²) in [4.78, 5) is 0. The van der Waals surface area contributed by atoms with Crippen LogP contribution in [-0.4, -0.2) is 20.3 Å². The molecule has 1 N–H and O–H groups in total. The van der Waals surface area contributed by atoms with Gasteiger partial charge in [-0.05, 0) is 26.1 Å². The molecule has 2 nitrogen and oxygen atoms in total. The van der Waals surface area contributed by atoms with Gasteiger partial charge in [0.15, 0.2) is 0 Å². The summed E-state index contributed by atoms with van der Waals surface area (Å²) in [5.41, 5.74) is 0.619. The Morgan fingerprint density at radius 2 is 2.27 bits per heavy atom. The molecule has 0 aliphatic rings. The first-order valence-electron chi connectivity index (χ1n) is 4.89. The van der Waals surface area contributed by atoms with Crippen molar-refractivity contribution in [3.63, 3.8) is 0 Å². The minimum atomic E-state index is -0.219. The van der Waals surface area contributed by atoms with Crippen LogP contribution in [0, 0.1) is 5.82 Å². The van der Waals surface area contributed by atoms with E-state index in [-0.39, 0.29) is 11.9 Å². The van der Waals surface area contributed by atoms with Gasteiger partial charge in [-0.15, -0.1) is 0 Å². The lowest BCUT2D eigenvalue weighted by atomic mass is 10.1. The Kier molecular flexibility index (Phi) is 5.22. The van der Waals surface area contributed by atoms with Gasteiger partial charge in [-0.25, -0.2) is 4.39 Å². The molecule has 0 radical (unpaired) electrons. The van der Waals surface area contributed by atoms with E-state index >= 15 is 0 Å². The maximum absolute atomic E-state index is 13.6. The minimum Gasteiger partial charge on any atom is -0.380 e. The van der Waals surface area contributed by atoms with Gasteiger partial charge in [0.2, 0.25) is 0 Å². The Bertz CT molecular complexity index is 299. The SMILES string of the molecule is CCOCC(NC)c1c(F)cccc1Br. The van der Waals surface area contributed by atoms with Gasteiger partial charge in [-0.3, -0.25) is 0 Å². The van der Waals surface area contributed by atoms with Crippen LogP contribution in [0.2, 0.25) is 0 Å². The summed E-state index contributed by atoms with van der Waals surface area (Å²) >= 11 is 3.34. The summed E-state index contributed by atoms with van der Waals surface area (Å²) < 4.78 is 19.7. The molecule has 1 atom stereocenters. The average Bonchev–Trinajstić information content (AvgIpc) is 2.22. The fraction of sp³-hybridized carbons (Fsp3) is 0.455. The van der Waals surface area contributed by atoms with Gasteiger partial charge in [0.05, 0.1) is 12.6 Å². The van der Waals surface area contributed by atoms with Crippen LogP contribution in [0.3, 0.4) is 0 Å². The normalized spacial score (nSPS) is 12.8. The third kappa shape index (κ3) is 3.26. The number of halogens is 2. The van der Waals surface area contributed by atoms with Gasteiger partial charge in [0, 0.05) is 16.6 Å². The van der Waals surface area contributed by atoms with Gasteiger partial charge in [0.1, 0.15) is 5.82 Å². The molecule has 0 spiro atoms. The van der Waals surface area contributed by atoms with Crippen molar-refractivity contribution in [2.75, 3.05) is 20.3 Å². The predicted octanol–water partition coefficient (Wildman–Crippen LogP) is 2.89. The molecular weight excluding hydrogens is 261 g/mol. The van der Waals surface area contributed by atoms with Gasteiger partial charge >= 0.3 is 0 Å². The number of likely N-dealkylation sites (N-methyl/N-ethyl adjacent to an activating group) is 1. The topological polar surface area (TPSA) is 21.3 Å². The van der Waals surface area contributed by atoms with Crippen LogP contribution in [-0.2, 0) is 4.74 Å². The molecule has 0 amide bonds. The Hall–Kier alpha value is -0.450. The van der Waals surface area contributed by atoms with E-state index in [9.17, 15) is 4.39 Å². The van der Waals surface area contributed by atoms with Gasteiger partial charge in [0.25, 0.3) is 0 Å². The fourth-order valence-corrected chi connectivity index (χ4v) is 2.01. The second kappa shape index (κ2) is 6.20. The highest BCUT2D eigenvalue weighted by atomic mass is 79.9. The Balaban J connectivity index is 2.90. The highest BCUT2D eigenvalue weighted by molar-refractivity contribution is 9.10. The van der Waals surface area contributed by atoms with E-state index in [4.69, 9.17) is 4.74 Å². The summed E-state index contributed by atoms with van der Waals surface area (Å²) in [6.07, 6.45) is 0. The maximum atomic E-state index is 13.6. The lowest BCUT2D eigenvalue weighted by Crippen LogP contribution is -2.23. The van der Waals surface area contributed by atoms with Crippen LogP contribution in [0.15, 0.2) is 22.7 Å². The molecule has 0 fully saturated rings. The molecule has 0 aromatic heterocycles. The van der Waals surface area contributed by atoms with Crippen molar-refractivity contribution < 1.29 is 9.13 Å². The fourth-order valence-electron chi connectivity index (χ4n) is 1.39. The third-order valence-corrected chi connectivity index (χ3v) is 2.88. The van der Waals surface area contributed by atoms with E-state index in [1.807, 2.05) is 13.0 Å². The second-order valence-corrected chi connectivity index (χ2v) is 3.99. The number of ether oxygens (including phenoxy) is 1. The van der Waals surface area contributed by atoms with Gasteiger partial charge < -0.3 is 10.1 Å². The zero-order valence-corrected chi connectivity index (χ0v) is 10.5. The van der Waals surface area contributed by atoms with Crippen molar-refractivity contribution in [3.8, 4) is 0 Å². The van der Waals surface area contributed by atoms with Crippen LogP contribution in [0.5, 0.6) is 0 Å². The quantitative estimate of drug-likeness (QED) is 0.892. The molecule has 1 rings (SSSR count). The van der Waals surface area contributed by atoms with Crippen molar-refractivity contribution in [3.05, 3.63) is 34.1 Å². The maximum Gasteiger partial charge on any atom is 0.129 e. The number of nitrogens with one attached hydrogen (secondary N) is 1. The predicted molar refractivity (Wildman–Crippen MR) is 62.4 cm³/mol. The molecule has 0 heterocycles. The Morgan fingerprint density at radius 1 is 1.53 bits per heavy atom. The summed E-state index contributed by atoms with van der Waals surface area (Å²) in [7, 11) is 1.79. The highest BCUT2D eigenvalue weighted by Crippen LogP contribution is 2.26. The third-order valence-electron chi connectivity index (χ3n) is 2.19. The standard InChI is InChI=1S/C11H15BrFNO/c1-3-15-7-10(14-2)11-8(12)5-4-6-9(11)13/h4-6,10,14H,3,7H2,1-2H3. The van der Waals surface area contributed by atoms with E-state index in [0.717, 1.165) is 4.47 Å². The smallest absolute Gasteiger partial charge is 0.129 e. The largest absolute Gasteiger partial charge is 0.380 e. The molecule has 1 unspecified atom stereocenters. The number of hydrogen-bond acceptors (Lipinski definition) is 2.